The highest BCUT2D eigenvalue weighted by molar-refractivity contribution is 7.25. The van der Waals surface area contributed by atoms with E-state index >= 15 is 0 Å². The molecule has 1 saturated heterocycles. The molecule has 0 aliphatic carbocycles. The molecule has 1 aromatic carbocycles. The maximum absolute atomic E-state index is 13.1. The third kappa shape index (κ3) is 2.20. The molecule has 0 amide bonds. The van der Waals surface area contributed by atoms with Gasteiger partial charge in [-0.25, -0.2) is 4.98 Å². The summed E-state index contributed by atoms with van der Waals surface area (Å²) < 4.78 is 7.30. The molecule has 0 spiro atoms. The molecule has 0 bridgehead atoms. The maximum Gasteiger partial charge on any atom is 0.289 e. The first-order valence-corrected chi connectivity index (χ1v) is 9.27. The zero-order valence-electron chi connectivity index (χ0n) is 14.2. The summed E-state index contributed by atoms with van der Waals surface area (Å²) in [5, 5.41) is 6.35. The van der Waals surface area contributed by atoms with Crippen LogP contribution in [0.25, 0.3) is 26.0 Å². The quantitative estimate of drug-likeness (QED) is 0.559. The number of benzene rings is 1. The summed E-state index contributed by atoms with van der Waals surface area (Å²) in [5.74, 6) is 0.744. The van der Waals surface area contributed by atoms with Crippen LogP contribution >= 0.6 is 11.3 Å². The number of anilines is 1. The summed E-state index contributed by atoms with van der Waals surface area (Å²) in [6, 6.07) is 9.33. The highest BCUT2D eigenvalue weighted by Gasteiger charge is 2.21. The molecule has 0 radical (unpaired) electrons. The Balaban J connectivity index is 1.73. The van der Waals surface area contributed by atoms with Crippen molar-refractivity contribution in [3.05, 3.63) is 53.1 Å². The first-order valence-electron chi connectivity index (χ1n) is 8.45. The Bertz CT molecular complexity index is 1180. The van der Waals surface area contributed by atoms with E-state index in [-0.39, 0.29) is 5.56 Å². The average Bonchev–Trinajstić information content (AvgIpc) is 3.01. The number of nitrogens with zero attached hydrogens (tertiary/aromatic N) is 4. The van der Waals surface area contributed by atoms with E-state index in [2.05, 4.69) is 15.0 Å². The lowest BCUT2D eigenvalue weighted by Gasteiger charge is -2.33. The molecule has 130 valence electrons. The van der Waals surface area contributed by atoms with Crippen LogP contribution in [-0.4, -0.2) is 35.0 Å². The lowest BCUT2D eigenvalue weighted by molar-refractivity contribution is 0.414. The monoisotopic (exact) mass is 364 g/mol. The molecule has 1 fully saturated rings. The van der Waals surface area contributed by atoms with E-state index in [4.69, 9.17) is 4.74 Å². The second kappa shape index (κ2) is 5.81. The normalized spacial score (nSPS) is 14.0. The van der Waals surface area contributed by atoms with Crippen molar-refractivity contribution >= 4 is 37.3 Å². The molecule has 0 saturated carbocycles. The highest BCUT2D eigenvalue weighted by atomic mass is 32.1. The second-order valence-corrected chi connectivity index (χ2v) is 7.25. The zero-order valence-corrected chi connectivity index (χ0v) is 15.0. The molecule has 3 aromatic heterocycles. The van der Waals surface area contributed by atoms with Crippen LogP contribution in [-0.2, 0) is 0 Å². The summed E-state index contributed by atoms with van der Waals surface area (Å²) in [7, 11) is 1.62. The molecular formula is C19H16N4O2S. The minimum absolute atomic E-state index is 0.120. The van der Waals surface area contributed by atoms with E-state index in [1.54, 1.807) is 13.3 Å². The third-order valence-corrected chi connectivity index (χ3v) is 5.91. The fourth-order valence-electron chi connectivity index (χ4n) is 3.30. The molecule has 26 heavy (non-hydrogen) atoms. The van der Waals surface area contributed by atoms with E-state index in [1.807, 2.05) is 36.5 Å². The van der Waals surface area contributed by atoms with Crippen molar-refractivity contribution in [3.63, 3.8) is 0 Å². The Hall–Kier alpha value is -2.93. The lowest BCUT2D eigenvalue weighted by Crippen LogP contribution is -2.37. The molecule has 0 N–H and O–H groups in total. The van der Waals surface area contributed by atoms with Crippen LogP contribution < -0.4 is 15.2 Å². The number of hydrogen-bond acceptors (Lipinski definition) is 6. The largest absolute Gasteiger partial charge is 0.497 e. The number of ether oxygens (including phenoxy) is 1. The first-order chi connectivity index (χ1) is 12.8. The van der Waals surface area contributed by atoms with Gasteiger partial charge in [0, 0.05) is 35.7 Å². The van der Waals surface area contributed by atoms with Gasteiger partial charge in [0.2, 0.25) is 0 Å². The molecule has 0 unspecified atom stereocenters. The van der Waals surface area contributed by atoms with Gasteiger partial charge in [-0.1, -0.05) is 0 Å². The number of methoxy groups -OCH3 is 1. The van der Waals surface area contributed by atoms with Crippen LogP contribution in [0.15, 0.2) is 47.5 Å². The van der Waals surface area contributed by atoms with Crippen LogP contribution in [0.4, 0.5) is 5.69 Å². The minimum Gasteiger partial charge on any atom is -0.497 e. The van der Waals surface area contributed by atoms with E-state index in [9.17, 15) is 4.79 Å². The van der Waals surface area contributed by atoms with E-state index < -0.39 is 0 Å². The van der Waals surface area contributed by atoms with Crippen LogP contribution in [0.1, 0.15) is 6.42 Å². The fourth-order valence-corrected chi connectivity index (χ4v) is 4.36. The van der Waals surface area contributed by atoms with Gasteiger partial charge in [-0.05, 0) is 36.8 Å². The number of aromatic nitrogens is 3. The first kappa shape index (κ1) is 15.3. The molecule has 4 aromatic rings. The number of hydrogen-bond donors (Lipinski definition) is 0. The summed E-state index contributed by atoms with van der Waals surface area (Å²) in [5.41, 5.74) is 1.74. The highest BCUT2D eigenvalue weighted by Crippen LogP contribution is 2.38. The Kier molecular flexibility index (Phi) is 3.43. The smallest absolute Gasteiger partial charge is 0.289 e. The van der Waals surface area contributed by atoms with Crippen molar-refractivity contribution in [3.8, 4) is 11.4 Å². The van der Waals surface area contributed by atoms with Gasteiger partial charge in [-0.2, -0.15) is 9.78 Å². The van der Waals surface area contributed by atoms with Crippen molar-refractivity contribution < 1.29 is 4.74 Å². The molecule has 6 nitrogen and oxygen atoms in total. The van der Waals surface area contributed by atoms with Crippen LogP contribution in [0.3, 0.4) is 0 Å². The number of thiophene rings is 1. The van der Waals surface area contributed by atoms with Crippen molar-refractivity contribution in [1.82, 2.24) is 14.8 Å². The van der Waals surface area contributed by atoms with E-state index in [1.165, 1.54) is 22.4 Å². The Morgan fingerprint density at radius 2 is 1.96 bits per heavy atom. The molecule has 4 heterocycles. The molecular weight excluding hydrogens is 348 g/mol. The number of fused-ring (bicyclic) bond motifs is 3. The van der Waals surface area contributed by atoms with Gasteiger partial charge in [-0.3, -0.25) is 4.79 Å². The molecule has 1 aliphatic rings. The Morgan fingerprint density at radius 3 is 2.65 bits per heavy atom. The molecule has 1 aliphatic heterocycles. The standard InChI is InChI=1S/C19H16N4O2S/c1-25-13-5-3-12(4-6-13)23-19(24)17-14(11-21-23)16-15(22-9-2-10-22)7-8-20-18(16)26-17/h3-8,11H,2,9-10H2,1H3. The van der Waals surface area contributed by atoms with Gasteiger partial charge in [0.05, 0.1) is 19.0 Å². The molecule has 5 rings (SSSR count). The summed E-state index contributed by atoms with van der Waals surface area (Å²) in [6.45, 7) is 2.10. The lowest BCUT2D eigenvalue weighted by atomic mass is 10.1. The van der Waals surface area contributed by atoms with Crippen molar-refractivity contribution in [2.75, 3.05) is 25.1 Å². The maximum atomic E-state index is 13.1. The summed E-state index contributed by atoms with van der Waals surface area (Å²) in [4.78, 5) is 20.8. The van der Waals surface area contributed by atoms with Crippen molar-refractivity contribution in [1.29, 1.82) is 0 Å². The second-order valence-electron chi connectivity index (χ2n) is 6.26. The van der Waals surface area contributed by atoms with Gasteiger partial charge in [-0.15, -0.1) is 11.3 Å². The third-order valence-electron chi connectivity index (χ3n) is 4.81. The summed E-state index contributed by atoms with van der Waals surface area (Å²) in [6.07, 6.45) is 4.81. The van der Waals surface area contributed by atoms with E-state index in [0.717, 1.165) is 40.1 Å². The van der Waals surface area contributed by atoms with Crippen LogP contribution in [0.2, 0.25) is 0 Å². The minimum atomic E-state index is -0.120. The molecule has 0 atom stereocenters. The van der Waals surface area contributed by atoms with Crippen molar-refractivity contribution in [2.45, 2.75) is 6.42 Å². The van der Waals surface area contributed by atoms with Gasteiger partial charge < -0.3 is 9.64 Å². The van der Waals surface area contributed by atoms with Crippen LogP contribution in [0, 0.1) is 0 Å². The van der Waals surface area contributed by atoms with Gasteiger partial charge in [0.1, 0.15) is 15.3 Å². The average molecular weight is 364 g/mol. The predicted octanol–water partition coefficient (Wildman–Crippen LogP) is 3.21. The van der Waals surface area contributed by atoms with Gasteiger partial charge in [0.25, 0.3) is 5.56 Å². The number of rotatable bonds is 3. The van der Waals surface area contributed by atoms with Gasteiger partial charge in [0.15, 0.2) is 0 Å². The van der Waals surface area contributed by atoms with Crippen molar-refractivity contribution in [2.24, 2.45) is 0 Å². The topological polar surface area (TPSA) is 60.2 Å². The summed E-state index contributed by atoms with van der Waals surface area (Å²) >= 11 is 1.44. The zero-order chi connectivity index (χ0) is 17.7. The Morgan fingerprint density at radius 1 is 1.15 bits per heavy atom. The van der Waals surface area contributed by atoms with E-state index in [0.29, 0.717) is 10.4 Å². The van der Waals surface area contributed by atoms with Gasteiger partial charge >= 0.3 is 0 Å². The van der Waals surface area contributed by atoms with Crippen LogP contribution in [0.5, 0.6) is 5.75 Å². The molecule has 7 heteroatoms. The predicted molar refractivity (Wildman–Crippen MR) is 104 cm³/mol. The fraction of sp³-hybridized carbons (Fsp3) is 0.211. The SMILES string of the molecule is COc1ccc(-n2ncc3c(sc4nccc(N5CCC5)c43)c2=O)cc1. The number of pyridine rings is 1. The Labute approximate surface area is 153 Å².